The summed E-state index contributed by atoms with van der Waals surface area (Å²) < 4.78 is 5.18. The van der Waals surface area contributed by atoms with E-state index in [1.165, 1.54) is 0 Å². The highest BCUT2D eigenvalue weighted by atomic mass is 16.5. The van der Waals surface area contributed by atoms with Gasteiger partial charge in [0.25, 0.3) is 0 Å². The van der Waals surface area contributed by atoms with E-state index in [9.17, 15) is 0 Å². The van der Waals surface area contributed by atoms with E-state index < -0.39 is 0 Å². The molecule has 2 N–H and O–H groups in total. The Bertz CT molecular complexity index is 436. The van der Waals surface area contributed by atoms with Crippen LogP contribution in [0.2, 0.25) is 0 Å². The first-order valence-corrected chi connectivity index (χ1v) is 4.98. The number of nitrogens with zero attached hydrogens (tertiary/aromatic N) is 2. The molecule has 0 bridgehead atoms. The number of hydrogen-bond donors (Lipinski definition) is 1. The van der Waals surface area contributed by atoms with Crippen molar-refractivity contribution >= 4 is 5.82 Å². The number of nitrogens with two attached hydrogens (primary N) is 1. The number of aryl methyl sites for hydroxylation is 1. The van der Waals surface area contributed by atoms with Crippen LogP contribution in [0.25, 0.3) is 11.3 Å². The molecule has 0 aromatic carbocycles. The summed E-state index contributed by atoms with van der Waals surface area (Å²) in [5.41, 5.74) is 7.41. The van der Waals surface area contributed by atoms with E-state index >= 15 is 0 Å². The molecule has 78 valence electrons. The van der Waals surface area contributed by atoms with Gasteiger partial charge in [-0.2, -0.15) is 0 Å². The Balaban J connectivity index is 2.47. The highest BCUT2D eigenvalue weighted by Crippen LogP contribution is 2.28. The van der Waals surface area contributed by atoms with Gasteiger partial charge in [-0.25, -0.2) is 0 Å². The van der Waals surface area contributed by atoms with Gasteiger partial charge in [-0.3, -0.25) is 4.98 Å². The second-order valence-corrected chi connectivity index (χ2v) is 3.33. The first-order chi connectivity index (χ1) is 7.33. The summed E-state index contributed by atoms with van der Waals surface area (Å²) in [4.78, 5) is 4.24. The lowest BCUT2D eigenvalue weighted by Gasteiger charge is -1.99. The van der Waals surface area contributed by atoms with Crippen molar-refractivity contribution in [3.63, 3.8) is 0 Å². The van der Waals surface area contributed by atoms with Crippen molar-refractivity contribution in [3.8, 4) is 11.3 Å². The molecule has 0 saturated carbocycles. The monoisotopic (exact) mass is 203 g/mol. The predicted molar refractivity (Wildman–Crippen MR) is 58.1 cm³/mol. The van der Waals surface area contributed by atoms with Crippen molar-refractivity contribution in [1.29, 1.82) is 0 Å². The summed E-state index contributed by atoms with van der Waals surface area (Å²) in [6, 6.07) is 5.69. The number of pyridine rings is 1. The molecule has 2 heterocycles. The highest BCUT2D eigenvalue weighted by Gasteiger charge is 2.15. The minimum absolute atomic E-state index is 0.414. The Hall–Kier alpha value is -1.84. The van der Waals surface area contributed by atoms with E-state index in [1.54, 1.807) is 6.20 Å². The molecule has 4 heteroatoms. The van der Waals surface area contributed by atoms with E-state index in [-0.39, 0.29) is 0 Å². The van der Waals surface area contributed by atoms with Gasteiger partial charge in [0.2, 0.25) is 0 Å². The van der Waals surface area contributed by atoms with E-state index in [0.717, 1.165) is 29.9 Å². The van der Waals surface area contributed by atoms with Gasteiger partial charge < -0.3 is 10.3 Å². The molecule has 15 heavy (non-hydrogen) atoms. The van der Waals surface area contributed by atoms with Gasteiger partial charge in [-0.15, -0.1) is 0 Å². The Labute approximate surface area is 88.1 Å². The molecule has 0 saturated heterocycles. The third kappa shape index (κ3) is 1.83. The first kappa shape index (κ1) is 9.71. The van der Waals surface area contributed by atoms with Crippen molar-refractivity contribution in [2.45, 2.75) is 19.8 Å². The van der Waals surface area contributed by atoms with Crippen LogP contribution in [0.5, 0.6) is 0 Å². The topological polar surface area (TPSA) is 64.9 Å². The summed E-state index contributed by atoms with van der Waals surface area (Å²) in [6.45, 7) is 2.08. The number of rotatable bonds is 3. The summed E-state index contributed by atoms with van der Waals surface area (Å²) in [7, 11) is 0. The van der Waals surface area contributed by atoms with Crippen LogP contribution in [-0.4, -0.2) is 10.1 Å². The zero-order valence-electron chi connectivity index (χ0n) is 8.60. The number of hydrogen-bond acceptors (Lipinski definition) is 4. The molecule has 0 spiro atoms. The maximum absolute atomic E-state index is 5.76. The maximum Gasteiger partial charge on any atom is 0.176 e. The van der Waals surface area contributed by atoms with Crippen LogP contribution in [0.3, 0.4) is 0 Å². The number of aromatic nitrogens is 2. The minimum Gasteiger partial charge on any atom is -0.380 e. The third-order valence-corrected chi connectivity index (χ3v) is 2.19. The fraction of sp³-hybridized carbons (Fsp3) is 0.273. The first-order valence-electron chi connectivity index (χ1n) is 4.98. The molecule has 2 rings (SSSR count). The molecule has 0 aliphatic heterocycles. The molecule has 0 unspecified atom stereocenters. The Morgan fingerprint density at radius 2 is 2.27 bits per heavy atom. The second-order valence-electron chi connectivity index (χ2n) is 3.33. The zero-order chi connectivity index (χ0) is 10.7. The van der Waals surface area contributed by atoms with Crippen LogP contribution in [0.4, 0.5) is 5.82 Å². The lowest BCUT2D eigenvalue weighted by atomic mass is 10.1. The van der Waals surface area contributed by atoms with Gasteiger partial charge in [0, 0.05) is 12.6 Å². The third-order valence-electron chi connectivity index (χ3n) is 2.19. The highest BCUT2D eigenvalue weighted by molar-refractivity contribution is 5.72. The molecule has 0 amide bonds. The van der Waals surface area contributed by atoms with E-state index in [1.807, 2.05) is 18.2 Å². The SMILES string of the molecule is CCCc1onc(N)c1-c1ccccn1. The van der Waals surface area contributed by atoms with Gasteiger partial charge in [-0.05, 0) is 18.6 Å². The molecule has 0 atom stereocenters. The number of anilines is 1. The van der Waals surface area contributed by atoms with Crippen molar-refractivity contribution < 1.29 is 4.52 Å². The zero-order valence-corrected chi connectivity index (χ0v) is 8.60. The van der Waals surface area contributed by atoms with Crippen molar-refractivity contribution in [2.24, 2.45) is 0 Å². The lowest BCUT2D eigenvalue weighted by molar-refractivity contribution is 0.385. The van der Waals surface area contributed by atoms with Gasteiger partial charge in [0.15, 0.2) is 5.82 Å². The lowest BCUT2D eigenvalue weighted by Crippen LogP contribution is -1.92. The minimum atomic E-state index is 0.414. The fourth-order valence-electron chi connectivity index (χ4n) is 1.52. The average Bonchev–Trinajstić information content (AvgIpc) is 2.62. The summed E-state index contributed by atoms with van der Waals surface area (Å²) >= 11 is 0. The van der Waals surface area contributed by atoms with Crippen LogP contribution >= 0.6 is 0 Å². The smallest absolute Gasteiger partial charge is 0.176 e. The van der Waals surface area contributed by atoms with E-state index in [4.69, 9.17) is 10.3 Å². The van der Waals surface area contributed by atoms with Crippen LogP contribution in [0.15, 0.2) is 28.9 Å². The van der Waals surface area contributed by atoms with Gasteiger partial charge in [0.05, 0.1) is 11.3 Å². The molecule has 0 fully saturated rings. The Kier molecular flexibility index (Phi) is 2.67. The maximum atomic E-state index is 5.76. The quantitative estimate of drug-likeness (QED) is 0.831. The Morgan fingerprint density at radius 3 is 2.93 bits per heavy atom. The fourth-order valence-corrected chi connectivity index (χ4v) is 1.52. The Morgan fingerprint density at radius 1 is 1.40 bits per heavy atom. The molecule has 2 aromatic rings. The van der Waals surface area contributed by atoms with E-state index in [0.29, 0.717) is 5.82 Å². The summed E-state index contributed by atoms with van der Waals surface area (Å²) in [5, 5.41) is 3.77. The van der Waals surface area contributed by atoms with Crippen LogP contribution in [-0.2, 0) is 6.42 Å². The van der Waals surface area contributed by atoms with Gasteiger partial charge >= 0.3 is 0 Å². The predicted octanol–water partition coefficient (Wildman–Crippen LogP) is 2.27. The molecule has 4 nitrogen and oxygen atoms in total. The standard InChI is InChI=1S/C11H13N3O/c1-2-5-9-10(11(12)14-15-9)8-6-3-4-7-13-8/h3-4,6-7H,2,5H2,1H3,(H2,12,14). The molecule has 2 aromatic heterocycles. The normalized spacial score (nSPS) is 10.5. The summed E-state index contributed by atoms with van der Waals surface area (Å²) in [5.74, 6) is 1.23. The molecule has 0 aliphatic carbocycles. The summed E-state index contributed by atoms with van der Waals surface area (Å²) in [6.07, 6.45) is 3.56. The average molecular weight is 203 g/mol. The second kappa shape index (κ2) is 4.13. The van der Waals surface area contributed by atoms with Crippen LogP contribution in [0, 0.1) is 0 Å². The molecular weight excluding hydrogens is 190 g/mol. The molecule has 0 radical (unpaired) electrons. The largest absolute Gasteiger partial charge is 0.380 e. The van der Waals surface area contributed by atoms with E-state index in [2.05, 4.69) is 17.1 Å². The van der Waals surface area contributed by atoms with Crippen LogP contribution < -0.4 is 5.73 Å². The van der Waals surface area contributed by atoms with Crippen molar-refractivity contribution in [2.75, 3.05) is 5.73 Å². The van der Waals surface area contributed by atoms with Crippen molar-refractivity contribution in [3.05, 3.63) is 30.2 Å². The molecule has 0 aliphatic rings. The molecular formula is C11H13N3O. The van der Waals surface area contributed by atoms with Crippen LogP contribution in [0.1, 0.15) is 19.1 Å². The number of nitrogen functional groups attached to an aromatic ring is 1. The van der Waals surface area contributed by atoms with Gasteiger partial charge in [0.1, 0.15) is 5.76 Å². The van der Waals surface area contributed by atoms with Crippen molar-refractivity contribution in [1.82, 2.24) is 10.1 Å². The van der Waals surface area contributed by atoms with Gasteiger partial charge in [-0.1, -0.05) is 18.1 Å².